The third-order valence-corrected chi connectivity index (χ3v) is 4.85. The van der Waals surface area contributed by atoms with Gasteiger partial charge in [0.1, 0.15) is 0 Å². The molecule has 4 atom stereocenters. The molecular weight excluding hydrogens is 198 g/mol. The summed E-state index contributed by atoms with van der Waals surface area (Å²) in [5, 5.41) is 0. The second-order valence-corrected chi connectivity index (χ2v) is 6.31. The quantitative estimate of drug-likeness (QED) is 0.780. The number of rotatable bonds is 5. The average molecular weight is 225 g/mol. The van der Waals surface area contributed by atoms with Gasteiger partial charge in [0.25, 0.3) is 0 Å². The van der Waals surface area contributed by atoms with E-state index in [1.165, 1.54) is 25.7 Å². The van der Waals surface area contributed by atoms with E-state index >= 15 is 0 Å². The molecule has 2 heteroatoms. The average Bonchev–Trinajstić information content (AvgIpc) is 2.78. The maximum absolute atomic E-state index is 6.32. The number of nitrogens with two attached hydrogens (primary N) is 1. The molecule has 0 spiro atoms. The maximum Gasteiger partial charge on any atom is 0.0776 e. The van der Waals surface area contributed by atoms with Crippen molar-refractivity contribution < 1.29 is 4.74 Å². The van der Waals surface area contributed by atoms with E-state index in [0.29, 0.717) is 0 Å². The summed E-state index contributed by atoms with van der Waals surface area (Å²) in [6, 6.07) is 0.191. The van der Waals surface area contributed by atoms with Gasteiger partial charge in [-0.2, -0.15) is 0 Å². The summed E-state index contributed by atoms with van der Waals surface area (Å²) in [7, 11) is 0. The summed E-state index contributed by atoms with van der Waals surface area (Å²) in [5.74, 6) is 2.89. The van der Waals surface area contributed by atoms with Gasteiger partial charge in [-0.15, -0.1) is 0 Å². The molecule has 2 saturated carbocycles. The molecular formula is C14H27NO. The van der Waals surface area contributed by atoms with Gasteiger partial charge in [0.2, 0.25) is 0 Å². The van der Waals surface area contributed by atoms with Crippen molar-refractivity contribution in [2.75, 3.05) is 6.61 Å². The highest BCUT2D eigenvalue weighted by atomic mass is 16.5. The Kier molecular flexibility index (Phi) is 3.60. The van der Waals surface area contributed by atoms with Crippen LogP contribution in [-0.2, 0) is 4.74 Å². The summed E-state index contributed by atoms with van der Waals surface area (Å²) in [5.41, 5.74) is 6.17. The van der Waals surface area contributed by atoms with Crippen LogP contribution < -0.4 is 5.73 Å². The molecule has 0 aliphatic heterocycles. The molecule has 2 aliphatic carbocycles. The summed E-state index contributed by atoms with van der Waals surface area (Å²) in [4.78, 5) is 0. The number of ether oxygens (including phenoxy) is 1. The molecule has 0 aromatic rings. The Labute approximate surface area is 99.9 Å². The first-order chi connectivity index (χ1) is 7.53. The second-order valence-electron chi connectivity index (χ2n) is 6.31. The lowest BCUT2D eigenvalue weighted by Gasteiger charge is -2.35. The van der Waals surface area contributed by atoms with Gasteiger partial charge in [0.05, 0.1) is 5.60 Å². The summed E-state index contributed by atoms with van der Waals surface area (Å²) in [6.45, 7) is 7.08. The van der Waals surface area contributed by atoms with Crippen LogP contribution in [0.5, 0.6) is 0 Å². The molecule has 0 radical (unpaired) electrons. The van der Waals surface area contributed by atoms with E-state index < -0.39 is 0 Å². The van der Waals surface area contributed by atoms with Crippen LogP contribution in [0.15, 0.2) is 0 Å². The zero-order valence-electron chi connectivity index (χ0n) is 11.0. The molecule has 0 heterocycles. The Balaban J connectivity index is 1.85. The molecule has 0 amide bonds. The molecule has 2 fully saturated rings. The van der Waals surface area contributed by atoms with Crippen LogP contribution in [0.25, 0.3) is 0 Å². The van der Waals surface area contributed by atoms with Crippen molar-refractivity contribution >= 4 is 0 Å². The Bertz CT molecular complexity index is 239. The van der Waals surface area contributed by atoms with Gasteiger partial charge >= 0.3 is 0 Å². The fourth-order valence-corrected chi connectivity index (χ4v) is 3.75. The van der Waals surface area contributed by atoms with Crippen molar-refractivity contribution in [1.82, 2.24) is 0 Å². The summed E-state index contributed by atoms with van der Waals surface area (Å²) >= 11 is 0. The zero-order valence-corrected chi connectivity index (χ0v) is 11.0. The van der Waals surface area contributed by atoms with Crippen LogP contribution in [0.2, 0.25) is 0 Å². The Morgan fingerprint density at radius 2 is 2.06 bits per heavy atom. The van der Waals surface area contributed by atoms with Crippen LogP contribution in [-0.4, -0.2) is 18.2 Å². The second kappa shape index (κ2) is 4.66. The standard InChI is InChI=1S/C14H27NO/c1-4-16-14(2,3)13(15)9-12-8-10-5-6-11(12)7-10/h10-13H,4-9,15H2,1-3H3. The van der Waals surface area contributed by atoms with Crippen LogP contribution in [0.3, 0.4) is 0 Å². The van der Waals surface area contributed by atoms with E-state index in [-0.39, 0.29) is 11.6 Å². The lowest BCUT2D eigenvalue weighted by Crippen LogP contribution is -2.46. The van der Waals surface area contributed by atoms with Gasteiger partial charge < -0.3 is 10.5 Å². The summed E-state index contributed by atoms with van der Waals surface area (Å²) in [6.07, 6.45) is 7.00. The van der Waals surface area contributed by atoms with Crippen LogP contribution in [0.1, 0.15) is 52.9 Å². The highest BCUT2D eigenvalue weighted by molar-refractivity contribution is 4.94. The first kappa shape index (κ1) is 12.4. The molecule has 2 bridgehead atoms. The molecule has 2 rings (SSSR count). The first-order valence-corrected chi connectivity index (χ1v) is 6.92. The van der Waals surface area contributed by atoms with E-state index in [1.54, 1.807) is 0 Å². The van der Waals surface area contributed by atoms with Gasteiger partial charge in [-0.1, -0.05) is 6.42 Å². The van der Waals surface area contributed by atoms with Gasteiger partial charge in [0.15, 0.2) is 0 Å². The zero-order chi connectivity index (χ0) is 11.8. The monoisotopic (exact) mass is 225 g/mol. The van der Waals surface area contributed by atoms with E-state index in [1.807, 2.05) is 6.92 Å². The van der Waals surface area contributed by atoms with Crippen molar-refractivity contribution in [2.24, 2.45) is 23.5 Å². The fourth-order valence-electron chi connectivity index (χ4n) is 3.75. The molecule has 2 N–H and O–H groups in total. The Morgan fingerprint density at radius 1 is 1.31 bits per heavy atom. The first-order valence-electron chi connectivity index (χ1n) is 6.92. The number of hydrogen-bond acceptors (Lipinski definition) is 2. The molecule has 0 aromatic heterocycles. The van der Waals surface area contributed by atoms with Gasteiger partial charge in [0, 0.05) is 12.6 Å². The Hall–Kier alpha value is -0.0800. The molecule has 0 aromatic carbocycles. The largest absolute Gasteiger partial charge is 0.374 e. The van der Waals surface area contributed by atoms with Gasteiger partial charge in [-0.3, -0.25) is 0 Å². The lowest BCUT2D eigenvalue weighted by atomic mass is 9.81. The smallest absolute Gasteiger partial charge is 0.0776 e. The third-order valence-electron chi connectivity index (χ3n) is 4.85. The molecule has 2 nitrogen and oxygen atoms in total. The minimum absolute atomic E-state index is 0.156. The predicted octanol–water partition coefficient (Wildman–Crippen LogP) is 2.96. The van der Waals surface area contributed by atoms with E-state index in [4.69, 9.17) is 10.5 Å². The molecule has 4 unspecified atom stereocenters. The van der Waals surface area contributed by atoms with E-state index in [2.05, 4.69) is 13.8 Å². The summed E-state index contributed by atoms with van der Waals surface area (Å²) < 4.78 is 5.76. The van der Waals surface area contributed by atoms with Crippen molar-refractivity contribution in [1.29, 1.82) is 0 Å². The van der Waals surface area contributed by atoms with E-state index in [9.17, 15) is 0 Å². The maximum atomic E-state index is 6.32. The molecule has 2 aliphatic rings. The Morgan fingerprint density at radius 3 is 2.56 bits per heavy atom. The van der Waals surface area contributed by atoms with Gasteiger partial charge in [-0.05, 0) is 64.2 Å². The molecule has 94 valence electrons. The van der Waals surface area contributed by atoms with Crippen molar-refractivity contribution in [2.45, 2.75) is 64.5 Å². The van der Waals surface area contributed by atoms with E-state index in [0.717, 1.165) is 30.8 Å². The fraction of sp³-hybridized carbons (Fsp3) is 1.00. The third kappa shape index (κ3) is 2.43. The normalized spacial score (nSPS) is 35.6. The highest BCUT2D eigenvalue weighted by Gasteiger charge is 2.41. The lowest BCUT2D eigenvalue weighted by molar-refractivity contribution is -0.0355. The molecule has 16 heavy (non-hydrogen) atoms. The highest BCUT2D eigenvalue weighted by Crippen LogP contribution is 2.50. The van der Waals surface area contributed by atoms with Crippen molar-refractivity contribution in [3.63, 3.8) is 0 Å². The SMILES string of the molecule is CCOC(C)(C)C(N)CC1CC2CCC1C2. The van der Waals surface area contributed by atoms with Crippen LogP contribution in [0.4, 0.5) is 0 Å². The predicted molar refractivity (Wildman–Crippen MR) is 67.2 cm³/mol. The topological polar surface area (TPSA) is 35.2 Å². The van der Waals surface area contributed by atoms with Gasteiger partial charge in [-0.25, -0.2) is 0 Å². The number of fused-ring (bicyclic) bond motifs is 2. The van der Waals surface area contributed by atoms with Crippen LogP contribution >= 0.6 is 0 Å². The minimum Gasteiger partial charge on any atom is -0.374 e. The molecule has 0 saturated heterocycles. The van der Waals surface area contributed by atoms with Crippen molar-refractivity contribution in [3.8, 4) is 0 Å². The van der Waals surface area contributed by atoms with Crippen LogP contribution in [0, 0.1) is 17.8 Å². The number of hydrogen-bond donors (Lipinski definition) is 1. The van der Waals surface area contributed by atoms with Crippen molar-refractivity contribution in [3.05, 3.63) is 0 Å². The minimum atomic E-state index is -0.156.